The summed E-state index contributed by atoms with van der Waals surface area (Å²) in [7, 11) is 0. The number of carbonyl (C=O) groups is 1. The first-order valence-electron chi connectivity index (χ1n) is 12.3. The van der Waals surface area contributed by atoms with E-state index in [1.54, 1.807) is 4.90 Å². The van der Waals surface area contributed by atoms with Gasteiger partial charge in [0.25, 0.3) is 0 Å². The van der Waals surface area contributed by atoms with Crippen molar-refractivity contribution in [3.05, 3.63) is 47.5 Å². The topological polar surface area (TPSA) is 55.4 Å². The number of carbonyl (C=O) groups excluding carboxylic acids is 1. The number of aliphatic hydroxyl groups excluding tert-OH is 1. The lowest BCUT2D eigenvalue weighted by atomic mass is 9.55. The van der Waals surface area contributed by atoms with Gasteiger partial charge in [-0.2, -0.15) is 0 Å². The second kappa shape index (κ2) is 8.34. The van der Waals surface area contributed by atoms with Crippen molar-refractivity contribution in [1.29, 1.82) is 0 Å². The summed E-state index contributed by atoms with van der Waals surface area (Å²) in [5.74, 6) is 0.143. The lowest BCUT2D eigenvalue weighted by molar-refractivity contribution is -1.02. The molecule has 0 bridgehead atoms. The van der Waals surface area contributed by atoms with Crippen molar-refractivity contribution < 1.29 is 24.4 Å². The van der Waals surface area contributed by atoms with E-state index in [-0.39, 0.29) is 29.3 Å². The average molecular weight is 427 g/mol. The largest absolute Gasteiger partial charge is 0.461 e. The Morgan fingerprint density at radius 3 is 2.58 bits per heavy atom. The van der Waals surface area contributed by atoms with E-state index in [0.29, 0.717) is 5.92 Å². The summed E-state index contributed by atoms with van der Waals surface area (Å²) in [5, 5.41) is 11.5. The molecule has 5 rings (SSSR count). The van der Waals surface area contributed by atoms with Gasteiger partial charge in [-0.15, -0.1) is 0 Å². The van der Waals surface area contributed by atoms with Crippen LogP contribution in [0.15, 0.2) is 42.0 Å². The highest BCUT2D eigenvalue weighted by Crippen LogP contribution is 2.55. The van der Waals surface area contributed by atoms with Gasteiger partial charge < -0.3 is 19.6 Å². The molecular weight excluding hydrogens is 388 g/mol. The lowest BCUT2D eigenvalue weighted by Crippen LogP contribution is -3.27. The first-order chi connectivity index (χ1) is 15.0. The van der Waals surface area contributed by atoms with Gasteiger partial charge in [0.1, 0.15) is 44.7 Å². The van der Waals surface area contributed by atoms with Gasteiger partial charge in [-0.25, -0.2) is 0 Å². The van der Waals surface area contributed by atoms with Crippen molar-refractivity contribution in [3.8, 4) is 0 Å². The van der Waals surface area contributed by atoms with E-state index in [1.165, 1.54) is 16.0 Å². The Labute approximate surface area is 186 Å². The molecule has 0 aromatic heterocycles. The number of piperazine rings is 1. The summed E-state index contributed by atoms with van der Waals surface area (Å²) >= 11 is 0. The van der Waals surface area contributed by atoms with Crippen molar-refractivity contribution in [3.63, 3.8) is 0 Å². The number of benzene rings is 1. The third kappa shape index (κ3) is 3.75. The number of hydrogen-bond acceptors (Lipinski definition) is 3. The highest BCUT2D eigenvalue weighted by atomic mass is 16.6. The van der Waals surface area contributed by atoms with Crippen LogP contribution in [0.2, 0.25) is 0 Å². The van der Waals surface area contributed by atoms with E-state index in [4.69, 9.17) is 4.74 Å². The van der Waals surface area contributed by atoms with Gasteiger partial charge in [0.05, 0.1) is 12.6 Å². The smallest absolute Gasteiger partial charge is 0.315 e. The Hall–Kier alpha value is -1.69. The van der Waals surface area contributed by atoms with E-state index < -0.39 is 6.10 Å². The number of fused-ring (bicyclic) bond motifs is 2. The van der Waals surface area contributed by atoms with Crippen LogP contribution in [0.1, 0.15) is 38.7 Å². The highest BCUT2D eigenvalue weighted by Gasteiger charge is 2.60. The summed E-state index contributed by atoms with van der Waals surface area (Å²) in [6, 6.07) is 10.7. The van der Waals surface area contributed by atoms with Crippen molar-refractivity contribution in [2.45, 2.75) is 51.9 Å². The Morgan fingerprint density at radius 2 is 1.84 bits per heavy atom. The van der Waals surface area contributed by atoms with Gasteiger partial charge in [0.2, 0.25) is 0 Å². The minimum atomic E-state index is -0.492. The number of aliphatic hydroxyl groups is 1. The molecule has 0 unspecified atom stereocenters. The van der Waals surface area contributed by atoms with Crippen molar-refractivity contribution in [2.75, 3.05) is 32.7 Å². The summed E-state index contributed by atoms with van der Waals surface area (Å²) in [6.07, 6.45) is 4.68. The first kappa shape index (κ1) is 21.2. The highest BCUT2D eigenvalue weighted by molar-refractivity contribution is 5.76. The van der Waals surface area contributed by atoms with E-state index in [9.17, 15) is 9.90 Å². The lowest BCUT2D eigenvalue weighted by Gasteiger charge is -2.51. The molecule has 0 amide bonds. The quantitative estimate of drug-likeness (QED) is 0.478. The third-order valence-electron chi connectivity index (χ3n) is 9.04. The van der Waals surface area contributed by atoms with Gasteiger partial charge in [-0.05, 0) is 18.8 Å². The second-order valence-electron chi connectivity index (χ2n) is 10.7. The molecule has 6 atom stereocenters. The molecule has 2 aliphatic carbocycles. The van der Waals surface area contributed by atoms with Gasteiger partial charge >= 0.3 is 5.97 Å². The molecule has 3 N–H and O–H groups in total. The SMILES string of the molecule is C[C@@H]1CCC=C2C[C@H]3OC(=O)[C@H](C[NH+]4CC[NH+](Cc5ccccc5)CC4)[C@H]3[C@H](O)[C@@]21C. The summed E-state index contributed by atoms with van der Waals surface area (Å²) in [6.45, 7) is 10.8. The van der Waals surface area contributed by atoms with Crippen LogP contribution in [0.3, 0.4) is 0 Å². The molecule has 1 aromatic carbocycles. The predicted molar refractivity (Wildman–Crippen MR) is 118 cm³/mol. The van der Waals surface area contributed by atoms with Crippen molar-refractivity contribution in [2.24, 2.45) is 23.2 Å². The molecule has 168 valence electrons. The van der Waals surface area contributed by atoms with Crippen LogP contribution in [0, 0.1) is 23.2 Å². The fourth-order valence-corrected chi connectivity index (χ4v) is 6.83. The molecular formula is C26H38N2O3+2. The minimum absolute atomic E-state index is 0.0580. The average Bonchev–Trinajstić information content (AvgIpc) is 3.07. The number of hydrogen-bond donors (Lipinski definition) is 3. The van der Waals surface area contributed by atoms with Crippen LogP contribution in [0.4, 0.5) is 0 Å². The summed E-state index contributed by atoms with van der Waals surface area (Å²) in [4.78, 5) is 16.0. The van der Waals surface area contributed by atoms with E-state index in [0.717, 1.165) is 58.5 Å². The molecule has 2 aliphatic heterocycles. The monoisotopic (exact) mass is 426 g/mol. The van der Waals surface area contributed by atoms with E-state index >= 15 is 0 Å². The van der Waals surface area contributed by atoms with Crippen LogP contribution < -0.4 is 9.80 Å². The zero-order valence-corrected chi connectivity index (χ0v) is 19.0. The van der Waals surface area contributed by atoms with Gasteiger partial charge in [-0.1, -0.05) is 55.8 Å². The predicted octanol–water partition coefficient (Wildman–Crippen LogP) is 0.255. The second-order valence-corrected chi connectivity index (χ2v) is 10.7. The van der Waals surface area contributed by atoms with E-state index in [1.807, 2.05) is 0 Å². The molecule has 0 radical (unpaired) electrons. The maximum atomic E-state index is 12.9. The Morgan fingerprint density at radius 1 is 1.13 bits per heavy atom. The molecule has 5 nitrogen and oxygen atoms in total. The molecule has 1 aromatic rings. The number of allylic oxidation sites excluding steroid dienone is 1. The number of nitrogens with one attached hydrogen (secondary N) is 2. The van der Waals surface area contributed by atoms with E-state index in [2.05, 4.69) is 50.3 Å². The maximum Gasteiger partial charge on any atom is 0.315 e. The molecule has 4 aliphatic rings. The number of esters is 1. The van der Waals surface area contributed by atoms with Gasteiger partial charge in [-0.3, -0.25) is 4.79 Å². The van der Waals surface area contributed by atoms with Crippen LogP contribution in [0.5, 0.6) is 0 Å². The summed E-state index contributed by atoms with van der Waals surface area (Å²) < 4.78 is 5.86. The number of rotatable bonds is 4. The Balaban J connectivity index is 1.24. The standard InChI is InChI=1S/C26H36N2O3/c1-18-7-6-10-20-15-22-23(24(29)26(18,20)2)21(25(30)31-22)17-28-13-11-27(12-14-28)16-19-8-4-3-5-9-19/h3-5,8-10,18,21-24,29H,6-7,11-17H2,1-2H3/p+2/t18-,21-,22-,23-,24+,26-/m1/s1. The van der Waals surface area contributed by atoms with Gasteiger partial charge in [0, 0.05) is 23.3 Å². The Bertz CT molecular complexity index is 832. The molecule has 31 heavy (non-hydrogen) atoms. The number of ether oxygens (including phenoxy) is 1. The number of quaternary nitrogens is 2. The van der Waals surface area contributed by atoms with Crippen molar-refractivity contribution >= 4 is 5.97 Å². The molecule has 2 saturated heterocycles. The fourth-order valence-electron chi connectivity index (χ4n) is 6.83. The molecule has 3 fully saturated rings. The van der Waals surface area contributed by atoms with Crippen LogP contribution in [-0.4, -0.2) is 56.0 Å². The third-order valence-corrected chi connectivity index (χ3v) is 9.04. The zero-order valence-electron chi connectivity index (χ0n) is 19.0. The maximum absolute atomic E-state index is 12.9. The minimum Gasteiger partial charge on any atom is -0.461 e. The summed E-state index contributed by atoms with van der Waals surface area (Å²) in [5.41, 5.74) is 2.51. The normalized spacial score (nSPS) is 42.4. The zero-order chi connectivity index (χ0) is 21.6. The Kier molecular flexibility index (Phi) is 5.70. The van der Waals surface area contributed by atoms with Crippen LogP contribution in [0.25, 0.3) is 0 Å². The van der Waals surface area contributed by atoms with Crippen LogP contribution in [-0.2, 0) is 16.1 Å². The molecule has 2 heterocycles. The van der Waals surface area contributed by atoms with Crippen LogP contribution >= 0.6 is 0 Å². The van der Waals surface area contributed by atoms with Crippen molar-refractivity contribution in [1.82, 2.24) is 0 Å². The fraction of sp³-hybridized carbons (Fsp3) is 0.654. The first-order valence-corrected chi connectivity index (χ1v) is 12.3. The molecule has 0 spiro atoms. The van der Waals surface area contributed by atoms with Gasteiger partial charge in [0.15, 0.2) is 0 Å². The molecule has 1 saturated carbocycles. The molecule has 5 heteroatoms.